The molecule has 3 N–H and O–H groups in total. The van der Waals surface area contributed by atoms with E-state index >= 15 is 0 Å². The number of urea groups is 1. The third-order valence-corrected chi connectivity index (χ3v) is 3.63. The van der Waals surface area contributed by atoms with Gasteiger partial charge in [-0.3, -0.25) is 14.5 Å². The summed E-state index contributed by atoms with van der Waals surface area (Å²) < 4.78 is 0. The van der Waals surface area contributed by atoms with Crippen LogP contribution in [0.4, 0.5) is 4.79 Å². The molecule has 0 unspecified atom stereocenters. The summed E-state index contributed by atoms with van der Waals surface area (Å²) >= 11 is 0. The van der Waals surface area contributed by atoms with Gasteiger partial charge in [0.1, 0.15) is 6.54 Å². The normalized spacial score (nSPS) is 14.5. The second-order valence-corrected chi connectivity index (χ2v) is 5.10. The summed E-state index contributed by atoms with van der Waals surface area (Å²) in [6.07, 6.45) is 2.60. The Morgan fingerprint density at radius 1 is 1.27 bits per heavy atom. The molecule has 2 aromatic rings. The molecule has 1 fully saturated rings. The number of carbonyl (C=O) groups is 3. The van der Waals surface area contributed by atoms with Crippen LogP contribution in [0.1, 0.15) is 5.56 Å². The first-order valence-corrected chi connectivity index (χ1v) is 7.05. The minimum absolute atomic E-state index is 0.0402. The molecule has 1 aliphatic rings. The topological polar surface area (TPSA) is 94.3 Å². The molecule has 114 valence electrons. The Kier molecular flexibility index (Phi) is 3.78. The van der Waals surface area contributed by atoms with Gasteiger partial charge in [-0.05, 0) is 18.1 Å². The van der Waals surface area contributed by atoms with Gasteiger partial charge in [0.05, 0.1) is 6.54 Å². The van der Waals surface area contributed by atoms with Crippen LogP contribution in [-0.4, -0.2) is 47.4 Å². The summed E-state index contributed by atoms with van der Waals surface area (Å²) in [6, 6.07) is 7.43. The molecule has 0 aliphatic carbocycles. The van der Waals surface area contributed by atoms with Crippen LogP contribution in [0.15, 0.2) is 30.5 Å². The summed E-state index contributed by atoms with van der Waals surface area (Å²) in [5, 5.41) is 6.23. The van der Waals surface area contributed by atoms with Gasteiger partial charge in [0.15, 0.2) is 0 Å². The van der Waals surface area contributed by atoms with E-state index in [0.717, 1.165) is 21.4 Å². The maximum atomic E-state index is 11.8. The fourth-order valence-corrected chi connectivity index (χ4v) is 2.49. The van der Waals surface area contributed by atoms with Crippen molar-refractivity contribution < 1.29 is 14.4 Å². The molecule has 7 nitrogen and oxygen atoms in total. The van der Waals surface area contributed by atoms with Crippen LogP contribution in [0.25, 0.3) is 10.9 Å². The van der Waals surface area contributed by atoms with Crippen LogP contribution in [-0.2, 0) is 16.0 Å². The maximum Gasteiger partial charge on any atom is 0.325 e. The molecule has 3 rings (SSSR count). The van der Waals surface area contributed by atoms with Crippen molar-refractivity contribution in [3.8, 4) is 0 Å². The fourth-order valence-electron chi connectivity index (χ4n) is 2.49. The number of aromatic amines is 1. The third kappa shape index (κ3) is 2.78. The molecule has 1 aliphatic heterocycles. The number of carbonyl (C=O) groups excluding carboxylic acids is 3. The average Bonchev–Trinajstić information content (AvgIpc) is 3.06. The van der Waals surface area contributed by atoms with Gasteiger partial charge in [0, 0.05) is 23.6 Å². The number of para-hydroxylation sites is 1. The maximum absolute atomic E-state index is 11.8. The van der Waals surface area contributed by atoms with Crippen molar-refractivity contribution in [3.05, 3.63) is 36.0 Å². The lowest BCUT2D eigenvalue weighted by Gasteiger charge is -2.12. The molecule has 1 aromatic carbocycles. The van der Waals surface area contributed by atoms with Crippen LogP contribution < -0.4 is 10.6 Å². The second kappa shape index (κ2) is 5.88. The molecule has 0 spiro atoms. The van der Waals surface area contributed by atoms with Crippen LogP contribution in [0.2, 0.25) is 0 Å². The summed E-state index contributed by atoms with van der Waals surface area (Å²) in [4.78, 5) is 38.6. The van der Waals surface area contributed by atoms with E-state index in [1.807, 2.05) is 30.5 Å². The lowest BCUT2D eigenvalue weighted by atomic mass is 10.1. The number of benzene rings is 1. The van der Waals surface area contributed by atoms with Crippen molar-refractivity contribution >= 4 is 28.7 Å². The van der Waals surface area contributed by atoms with E-state index in [2.05, 4.69) is 15.6 Å². The largest absolute Gasteiger partial charge is 0.361 e. The highest BCUT2D eigenvalue weighted by Gasteiger charge is 2.29. The minimum Gasteiger partial charge on any atom is -0.361 e. The number of nitrogens with zero attached hydrogens (tertiary/aromatic N) is 1. The van der Waals surface area contributed by atoms with E-state index in [0.29, 0.717) is 13.0 Å². The van der Waals surface area contributed by atoms with E-state index in [4.69, 9.17) is 0 Å². The Labute approximate surface area is 126 Å². The van der Waals surface area contributed by atoms with Gasteiger partial charge in [-0.15, -0.1) is 0 Å². The molecule has 0 radical (unpaired) electrons. The standard InChI is InChI=1S/C15H16N4O3/c20-13(9-19-14(21)8-18-15(19)22)16-6-5-10-7-17-12-4-2-1-3-11(10)12/h1-4,7,17H,5-6,8-9H2,(H,16,20)(H,18,22). The summed E-state index contributed by atoms with van der Waals surface area (Å²) in [5.74, 6) is -0.720. The fraction of sp³-hybridized carbons (Fsp3) is 0.267. The van der Waals surface area contributed by atoms with Gasteiger partial charge >= 0.3 is 6.03 Å². The Bertz CT molecular complexity index is 721. The number of amides is 4. The van der Waals surface area contributed by atoms with Gasteiger partial charge in [-0.25, -0.2) is 4.79 Å². The zero-order valence-electron chi connectivity index (χ0n) is 11.9. The first kappa shape index (κ1) is 14.1. The number of rotatable bonds is 5. The molecule has 0 atom stereocenters. The van der Waals surface area contributed by atoms with Crippen molar-refractivity contribution in [1.29, 1.82) is 0 Å². The van der Waals surface area contributed by atoms with Crippen LogP contribution in [0, 0.1) is 0 Å². The van der Waals surface area contributed by atoms with E-state index in [1.54, 1.807) is 0 Å². The summed E-state index contributed by atoms with van der Waals surface area (Å²) in [6.45, 7) is 0.171. The van der Waals surface area contributed by atoms with Crippen molar-refractivity contribution in [2.75, 3.05) is 19.6 Å². The predicted octanol–water partition coefficient (Wildman–Crippen LogP) is 0.378. The summed E-state index contributed by atoms with van der Waals surface area (Å²) in [7, 11) is 0. The van der Waals surface area contributed by atoms with Gasteiger partial charge < -0.3 is 15.6 Å². The van der Waals surface area contributed by atoms with Crippen LogP contribution in [0.3, 0.4) is 0 Å². The Morgan fingerprint density at radius 3 is 2.86 bits per heavy atom. The van der Waals surface area contributed by atoms with E-state index < -0.39 is 6.03 Å². The van der Waals surface area contributed by atoms with E-state index in [-0.39, 0.29) is 24.9 Å². The molecule has 1 saturated heterocycles. The zero-order valence-corrected chi connectivity index (χ0v) is 11.9. The highest BCUT2D eigenvalue weighted by atomic mass is 16.2. The molecular weight excluding hydrogens is 284 g/mol. The van der Waals surface area contributed by atoms with E-state index in [9.17, 15) is 14.4 Å². The molecule has 4 amide bonds. The van der Waals surface area contributed by atoms with Gasteiger partial charge in [-0.2, -0.15) is 0 Å². The Balaban J connectivity index is 1.51. The number of imide groups is 1. The molecule has 0 bridgehead atoms. The Morgan fingerprint density at radius 2 is 2.09 bits per heavy atom. The van der Waals surface area contributed by atoms with Gasteiger partial charge in [-0.1, -0.05) is 18.2 Å². The second-order valence-electron chi connectivity index (χ2n) is 5.10. The molecular formula is C15H16N4O3. The van der Waals surface area contributed by atoms with Gasteiger partial charge in [0.25, 0.3) is 5.91 Å². The Hall–Kier alpha value is -2.83. The lowest BCUT2D eigenvalue weighted by molar-refractivity contribution is -0.130. The number of hydrogen-bond acceptors (Lipinski definition) is 3. The van der Waals surface area contributed by atoms with Crippen molar-refractivity contribution in [1.82, 2.24) is 20.5 Å². The smallest absolute Gasteiger partial charge is 0.325 e. The highest BCUT2D eigenvalue weighted by Crippen LogP contribution is 2.17. The lowest BCUT2D eigenvalue weighted by Crippen LogP contribution is -2.41. The molecule has 7 heteroatoms. The van der Waals surface area contributed by atoms with Gasteiger partial charge in [0.2, 0.25) is 5.91 Å². The summed E-state index contributed by atoms with van der Waals surface area (Å²) in [5.41, 5.74) is 2.18. The first-order valence-electron chi connectivity index (χ1n) is 7.05. The number of nitrogens with one attached hydrogen (secondary N) is 3. The molecule has 0 saturated carbocycles. The number of H-pyrrole nitrogens is 1. The number of fused-ring (bicyclic) bond motifs is 1. The molecule has 1 aromatic heterocycles. The first-order chi connectivity index (χ1) is 10.6. The zero-order chi connectivity index (χ0) is 15.5. The average molecular weight is 300 g/mol. The minimum atomic E-state index is -0.517. The SMILES string of the molecule is O=C(CN1C(=O)CNC1=O)NCCc1c[nH]c2ccccc12. The van der Waals surface area contributed by atoms with Crippen molar-refractivity contribution in [3.63, 3.8) is 0 Å². The molecule has 2 heterocycles. The van der Waals surface area contributed by atoms with Crippen molar-refractivity contribution in [2.45, 2.75) is 6.42 Å². The van der Waals surface area contributed by atoms with Crippen LogP contribution in [0.5, 0.6) is 0 Å². The quantitative estimate of drug-likeness (QED) is 0.697. The monoisotopic (exact) mass is 300 g/mol. The highest BCUT2D eigenvalue weighted by molar-refractivity contribution is 6.04. The molecule has 22 heavy (non-hydrogen) atoms. The van der Waals surface area contributed by atoms with Crippen LogP contribution >= 0.6 is 0 Å². The third-order valence-electron chi connectivity index (χ3n) is 3.63. The van der Waals surface area contributed by atoms with E-state index in [1.165, 1.54) is 0 Å². The number of aromatic nitrogens is 1. The van der Waals surface area contributed by atoms with Crippen molar-refractivity contribution in [2.24, 2.45) is 0 Å². The predicted molar refractivity (Wildman–Crippen MR) is 80.1 cm³/mol. The number of hydrogen-bond donors (Lipinski definition) is 3.